The summed E-state index contributed by atoms with van der Waals surface area (Å²) in [7, 11) is -4.61. The zero-order valence-electron chi connectivity index (χ0n) is 14.4. The molecule has 152 valence electrons. The fourth-order valence-electron chi connectivity index (χ4n) is 2.45. The summed E-state index contributed by atoms with van der Waals surface area (Å²) in [6.45, 7) is 0. The molecule has 0 aliphatic rings. The Morgan fingerprint density at radius 1 is 1.03 bits per heavy atom. The van der Waals surface area contributed by atoms with E-state index in [2.05, 4.69) is 15.3 Å². The Labute approximate surface area is 168 Å². The molecule has 3 aromatic rings. The topological polar surface area (TPSA) is 110 Å². The first-order valence-electron chi connectivity index (χ1n) is 7.92. The summed E-state index contributed by atoms with van der Waals surface area (Å²) in [6, 6.07) is 6.32. The molecule has 2 aromatic carbocycles. The Morgan fingerprint density at radius 3 is 2.34 bits per heavy atom. The second-order valence-corrected chi connectivity index (χ2v) is 7.81. The summed E-state index contributed by atoms with van der Waals surface area (Å²) in [5, 5.41) is 2.72. The van der Waals surface area contributed by atoms with E-state index in [4.69, 9.17) is 17.3 Å². The van der Waals surface area contributed by atoms with Crippen molar-refractivity contribution < 1.29 is 21.6 Å². The fraction of sp³-hybridized carbons (Fsp3) is 0.0588. The van der Waals surface area contributed by atoms with Gasteiger partial charge in [-0.2, -0.15) is 0 Å². The van der Waals surface area contributed by atoms with Crippen molar-refractivity contribution in [3.8, 4) is 0 Å². The van der Waals surface area contributed by atoms with E-state index in [1.807, 2.05) is 4.72 Å². The van der Waals surface area contributed by atoms with Crippen molar-refractivity contribution in [1.82, 2.24) is 9.97 Å². The van der Waals surface area contributed by atoms with Gasteiger partial charge < -0.3 is 11.1 Å². The average Bonchev–Trinajstić information content (AvgIpc) is 2.63. The van der Waals surface area contributed by atoms with E-state index in [1.54, 1.807) is 0 Å². The third kappa shape index (κ3) is 4.75. The molecule has 29 heavy (non-hydrogen) atoms. The normalized spacial score (nSPS) is 12.4. The predicted molar refractivity (Wildman–Crippen MR) is 101 cm³/mol. The molecule has 4 N–H and O–H groups in total. The molecule has 0 fully saturated rings. The van der Waals surface area contributed by atoms with E-state index < -0.39 is 38.5 Å². The molecule has 0 spiro atoms. The maximum Gasteiger partial charge on any atom is 0.268 e. The van der Waals surface area contributed by atoms with Crippen LogP contribution in [0.3, 0.4) is 0 Å². The van der Waals surface area contributed by atoms with Gasteiger partial charge in [-0.3, -0.25) is 4.72 Å². The van der Waals surface area contributed by atoms with Gasteiger partial charge >= 0.3 is 0 Å². The Morgan fingerprint density at radius 2 is 1.72 bits per heavy atom. The van der Waals surface area contributed by atoms with Gasteiger partial charge in [-0.15, -0.1) is 0 Å². The molecule has 1 aromatic heterocycles. The zero-order valence-corrected chi connectivity index (χ0v) is 16.0. The van der Waals surface area contributed by atoms with Crippen LogP contribution in [0.2, 0.25) is 5.02 Å². The van der Waals surface area contributed by atoms with Gasteiger partial charge in [0.2, 0.25) is 0 Å². The number of halogens is 4. The second kappa shape index (κ2) is 8.23. The molecule has 0 amide bonds. The Hall–Kier alpha value is -2.89. The van der Waals surface area contributed by atoms with Crippen molar-refractivity contribution in [1.29, 1.82) is 0 Å². The highest BCUT2D eigenvalue weighted by Gasteiger charge is 2.26. The lowest BCUT2D eigenvalue weighted by Gasteiger charge is -2.18. The first-order valence-corrected chi connectivity index (χ1v) is 9.78. The molecule has 0 saturated carbocycles. The van der Waals surface area contributed by atoms with Crippen molar-refractivity contribution in [3.05, 3.63) is 77.0 Å². The van der Waals surface area contributed by atoms with Crippen LogP contribution in [0.4, 0.5) is 24.7 Å². The molecular formula is C17H13ClF3N5O2S. The smallest absolute Gasteiger partial charge is 0.268 e. The van der Waals surface area contributed by atoms with Crippen LogP contribution in [0.1, 0.15) is 11.7 Å². The SMILES string of the molecule is N[C@H](Nc1cc(F)c(S(=O)(=O)Nc2ccncn2)c(F)c1)c1cc(Cl)ccc1F. The minimum Gasteiger partial charge on any atom is -0.366 e. The summed E-state index contributed by atoms with van der Waals surface area (Å²) < 4.78 is 69.3. The van der Waals surface area contributed by atoms with E-state index in [9.17, 15) is 21.6 Å². The van der Waals surface area contributed by atoms with Gasteiger partial charge in [0.1, 0.15) is 35.8 Å². The van der Waals surface area contributed by atoms with E-state index in [0.29, 0.717) is 0 Å². The molecule has 1 heterocycles. The van der Waals surface area contributed by atoms with E-state index in [0.717, 1.165) is 24.5 Å². The van der Waals surface area contributed by atoms with Crippen LogP contribution < -0.4 is 15.8 Å². The number of nitrogens with zero attached hydrogens (tertiary/aromatic N) is 2. The van der Waals surface area contributed by atoms with Gasteiger partial charge in [0.05, 0.1) is 0 Å². The molecule has 1 atom stereocenters. The lowest BCUT2D eigenvalue weighted by atomic mass is 10.1. The number of benzene rings is 2. The summed E-state index contributed by atoms with van der Waals surface area (Å²) in [5.41, 5.74) is 5.58. The van der Waals surface area contributed by atoms with E-state index in [-0.39, 0.29) is 22.1 Å². The van der Waals surface area contributed by atoms with E-state index in [1.165, 1.54) is 24.4 Å². The van der Waals surface area contributed by atoms with Crippen LogP contribution in [-0.4, -0.2) is 18.4 Å². The lowest BCUT2D eigenvalue weighted by Crippen LogP contribution is -2.22. The molecule has 12 heteroatoms. The first kappa shape index (κ1) is 20.8. The number of aromatic nitrogens is 2. The maximum atomic E-state index is 14.4. The molecular weight excluding hydrogens is 431 g/mol. The molecule has 0 bridgehead atoms. The summed E-state index contributed by atoms with van der Waals surface area (Å²) in [5.74, 6) is -3.61. The van der Waals surface area contributed by atoms with Gasteiger partial charge in [0, 0.05) is 22.5 Å². The molecule has 0 radical (unpaired) electrons. The number of nitrogens with two attached hydrogens (primary N) is 1. The molecule has 7 nitrogen and oxygen atoms in total. The second-order valence-electron chi connectivity index (χ2n) is 5.76. The van der Waals surface area contributed by atoms with Crippen LogP contribution in [-0.2, 0) is 10.0 Å². The van der Waals surface area contributed by atoms with Crippen molar-refractivity contribution >= 4 is 33.1 Å². The van der Waals surface area contributed by atoms with Crippen molar-refractivity contribution in [2.45, 2.75) is 11.1 Å². The first-order chi connectivity index (χ1) is 13.7. The summed E-state index contributed by atoms with van der Waals surface area (Å²) >= 11 is 5.80. The number of hydrogen-bond acceptors (Lipinski definition) is 6. The zero-order chi connectivity index (χ0) is 21.2. The molecule has 0 aliphatic carbocycles. The third-order valence-electron chi connectivity index (χ3n) is 3.70. The molecule has 0 aliphatic heterocycles. The van der Waals surface area contributed by atoms with Crippen molar-refractivity contribution in [2.24, 2.45) is 5.73 Å². The van der Waals surface area contributed by atoms with Crippen LogP contribution in [0, 0.1) is 17.5 Å². The number of rotatable bonds is 6. The van der Waals surface area contributed by atoms with Crippen LogP contribution in [0.25, 0.3) is 0 Å². The Bertz CT molecular complexity index is 1130. The maximum absolute atomic E-state index is 14.4. The molecule has 3 rings (SSSR count). The van der Waals surface area contributed by atoms with E-state index >= 15 is 0 Å². The van der Waals surface area contributed by atoms with Gasteiger partial charge in [0.15, 0.2) is 4.90 Å². The average molecular weight is 444 g/mol. The van der Waals surface area contributed by atoms with Gasteiger partial charge in [-0.25, -0.2) is 31.6 Å². The van der Waals surface area contributed by atoms with Gasteiger partial charge in [-0.05, 0) is 36.4 Å². The van der Waals surface area contributed by atoms with Crippen molar-refractivity contribution in [3.63, 3.8) is 0 Å². The quantitative estimate of drug-likeness (QED) is 0.503. The van der Waals surface area contributed by atoms with Crippen LogP contribution in [0.15, 0.2) is 53.8 Å². The van der Waals surface area contributed by atoms with Crippen LogP contribution >= 0.6 is 11.6 Å². The van der Waals surface area contributed by atoms with Gasteiger partial charge in [-0.1, -0.05) is 11.6 Å². The highest BCUT2D eigenvalue weighted by Crippen LogP contribution is 2.27. The number of hydrogen-bond donors (Lipinski definition) is 3. The highest BCUT2D eigenvalue weighted by molar-refractivity contribution is 7.92. The Kier molecular flexibility index (Phi) is 5.91. The van der Waals surface area contributed by atoms with Crippen LogP contribution in [0.5, 0.6) is 0 Å². The predicted octanol–water partition coefficient (Wildman–Crippen LogP) is 3.42. The summed E-state index contributed by atoms with van der Waals surface area (Å²) in [4.78, 5) is 6.04. The third-order valence-corrected chi connectivity index (χ3v) is 5.34. The largest absolute Gasteiger partial charge is 0.366 e. The standard InChI is InChI=1S/C17H13ClF3N5O2S/c18-9-1-2-12(19)11(5-9)17(22)25-10-6-13(20)16(14(21)7-10)29(27,28)26-15-3-4-23-8-24-15/h1-8,17,25H,22H2,(H,23,24,26)/t17-/m1/s1. The minimum absolute atomic E-state index is 0.0413. The van der Waals surface area contributed by atoms with Crippen molar-refractivity contribution in [2.75, 3.05) is 10.0 Å². The highest BCUT2D eigenvalue weighted by atomic mass is 35.5. The Balaban J connectivity index is 1.88. The molecule has 0 unspecified atom stereocenters. The monoisotopic (exact) mass is 443 g/mol. The number of nitrogens with one attached hydrogen (secondary N) is 2. The van der Waals surface area contributed by atoms with Gasteiger partial charge in [0.25, 0.3) is 10.0 Å². The minimum atomic E-state index is -4.61. The molecule has 0 saturated heterocycles. The fourth-order valence-corrected chi connectivity index (χ4v) is 3.76. The summed E-state index contributed by atoms with van der Waals surface area (Å²) in [6.07, 6.45) is 1.11. The lowest BCUT2D eigenvalue weighted by molar-refractivity contribution is 0.521. The number of anilines is 2. The number of sulfonamides is 1.